The first kappa shape index (κ1) is 27.5. The van der Waals surface area contributed by atoms with Crippen molar-refractivity contribution in [3.63, 3.8) is 0 Å². The number of rotatable bonds is 6. The number of ether oxygens (including phenoxy) is 2. The van der Waals surface area contributed by atoms with E-state index in [1.165, 1.54) is 4.31 Å². The zero-order valence-corrected chi connectivity index (χ0v) is 23.2. The van der Waals surface area contributed by atoms with E-state index < -0.39 is 15.6 Å². The minimum Gasteiger partial charge on any atom is -0.490 e. The van der Waals surface area contributed by atoms with E-state index in [4.69, 9.17) is 14.7 Å². The Kier molecular flexibility index (Phi) is 8.02. The van der Waals surface area contributed by atoms with Gasteiger partial charge in [-0.1, -0.05) is 24.3 Å². The number of nitriles is 1. The average molecular weight is 538 g/mol. The Hall–Kier alpha value is -3.51. The number of hydrogen-bond acceptors (Lipinski definition) is 6. The molecule has 0 spiro atoms. The first-order valence-corrected chi connectivity index (χ1v) is 14.6. The van der Waals surface area contributed by atoms with Gasteiger partial charge in [0.1, 0.15) is 17.5 Å². The van der Waals surface area contributed by atoms with Gasteiger partial charge in [0.15, 0.2) is 0 Å². The van der Waals surface area contributed by atoms with E-state index in [1.807, 2.05) is 63.3 Å². The summed E-state index contributed by atoms with van der Waals surface area (Å²) in [5.74, 6) is 0.689. The fraction of sp³-hybridized carbons (Fsp3) is 0.448. The third-order valence-electron chi connectivity index (χ3n) is 6.61. The van der Waals surface area contributed by atoms with Crippen LogP contribution in [0, 0.1) is 11.3 Å². The van der Waals surface area contributed by atoms with E-state index in [9.17, 15) is 13.2 Å². The van der Waals surface area contributed by atoms with Crippen LogP contribution in [0.2, 0.25) is 0 Å². The lowest BCUT2D eigenvalue weighted by Crippen LogP contribution is -2.44. The molecule has 0 aromatic heterocycles. The highest BCUT2D eigenvalue weighted by Gasteiger charge is 2.36. The van der Waals surface area contributed by atoms with Gasteiger partial charge in [-0.25, -0.2) is 13.2 Å². The minimum atomic E-state index is -3.51. The molecule has 2 heterocycles. The number of hydrogen-bond donors (Lipinski definition) is 0. The van der Waals surface area contributed by atoms with Crippen molar-refractivity contribution in [1.29, 1.82) is 5.26 Å². The molecule has 1 fully saturated rings. The molecule has 1 saturated heterocycles. The molecule has 1 atom stereocenters. The van der Waals surface area contributed by atoms with Crippen LogP contribution in [0.1, 0.15) is 57.2 Å². The monoisotopic (exact) mass is 537 g/mol. The Balaban J connectivity index is 1.46. The lowest BCUT2D eigenvalue weighted by Gasteiger charge is -2.33. The van der Waals surface area contributed by atoms with Gasteiger partial charge in [-0.3, -0.25) is 4.31 Å². The molecule has 1 amide bonds. The maximum Gasteiger partial charge on any atom is 0.410 e. The molecule has 2 aromatic rings. The second kappa shape index (κ2) is 11.1. The van der Waals surface area contributed by atoms with Crippen LogP contribution in [0.5, 0.6) is 5.75 Å². The number of carbonyl (C=O) groups is 1. The zero-order valence-electron chi connectivity index (χ0n) is 22.4. The number of amides is 1. The SMILES string of the molecule is CCS(=O)(=O)N1c2ccc(OC3CCN(C(=O)OC(C)(C)C)CC3)cc2C[C@H]1/C=C/c1cccc(C#N)c1. The summed E-state index contributed by atoms with van der Waals surface area (Å²) in [7, 11) is -3.51. The largest absolute Gasteiger partial charge is 0.490 e. The summed E-state index contributed by atoms with van der Waals surface area (Å²) in [6.45, 7) is 8.33. The second-order valence-electron chi connectivity index (χ2n) is 10.6. The van der Waals surface area contributed by atoms with Crippen molar-refractivity contribution in [1.82, 2.24) is 4.90 Å². The smallest absolute Gasteiger partial charge is 0.410 e. The van der Waals surface area contributed by atoms with Gasteiger partial charge in [0.05, 0.1) is 29.1 Å². The first-order valence-electron chi connectivity index (χ1n) is 13.0. The summed E-state index contributed by atoms with van der Waals surface area (Å²) < 4.78 is 39.3. The lowest BCUT2D eigenvalue weighted by atomic mass is 10.1. The first-order chi connectivity index (χ1) is 18.0. The Morgan fingerprint density at radius 2 is 1.89 bits per heavy atom. The molecule has 4 rings (SSSR count). The lowest BCUT2D eigenvalue weighted by molar-refractivity contribution is 0.0126. The van der Waals surface area contributed by atoms with Crippen molar-refractivity contribution in [2.45, 2.75) is 64.7 Å². The second-order valence-corrected chi connectivity index (χ2v) is 12.8. The van der Waals surface area contributed by atoms with Crippen molar-refractivity contribution < 1.29 is 22.7 Å². The normalized spacial score (nSPS) is 18.3. The third kappa shape index (κ3) is 6.48. The van der Waals surface area contributed by atoms with Gasteiger partial charge in [-0.15, -0.1) is 0 Å². The molecule has 0 bridgehead atoms. The molecule has 0 saturated carbocycles. The fourth-order valence-corrected chi connectivity index (χ4v) is 6.06. The molecular formula is C29H35N3O5S. The Labute approximate surface area is 225 Å². The van der Waals surface area contributed by atoms with Crippen molar-refractivity contribution in [3.05, 3.63) is 65.2 Å². The van der Waals surface area contributed by atoms with Gasteiger partial charge in [-0.05, 0) is 75.6 Å². The van der Waals surface area contributed by atoms with E-state index in [2.05, 4.69) is 6.07 Å². The zero-order chi connectivity index (χ0) is 27.5. The number of carbonyl (C=O) groups excluding carboxylic acids is 1. The van der Waals surface area contributed by atoms with Crippen molar-refractivity contribution >= 4 is 27.9 Å². The van der Waals surface area contributed by atoms with Gasteiger partial charge in [0.25, 0.3) is 0 Å². The van der Waals surface area contributed by atoms with E-state index in [1.54, 1.807) is 24.0 Å². The summed E-state index contributed by atoms with van der Waals surface area (Å²) in [6, 6.07) is 14.5. The van der Waals surface area contributed by atoms with Crippen LogP contribution in [-0.4, -0.2) is 56.0 Å². The van der Waals surface area contributed by atoms with E-state index in [-0.39, 0.29) is 24.0 Å². The molecule has 0 aliphatic carbocycles. The van der Waals surface area contributed by atoms with Crippen LogP contribution in [-0.2, 0) is 21.2 Å². The predicted molar refractivity (Wildman–Crippen MR) is 148 cm³/mol. The minimum absolute atomic E-state index is 0.00479. The maximum absolute atomic E-state index is 13.0. The van der Waals surface area contributed by atoms with E-state index >= 15 is 0 Å². The summed E-state index contributed by atoms with van der Waals surface area (Å²) in [4.78, 5) is 14.1. The molecule has 2 aliphatic rings. The molecule has 202 valence electrons. The summed E-state index contributed by atoms with van der Waals surface area (Å²) in [5, 5.41) is 9.17. The van der Waals surface area contributed by atoms with Crippen molar-refractivity contribution in [2.24, 2.45) is 0 Å². The number of benzene rings is 2. The van der Waals surface area contributed by atoms with Crippen LogP contribution >= 0.6 is 0 Å². The summed E-state index contributed by atoms with van der Waals surface area (Å²) in [5.41, 5.74) is 2.45. The molecule has 9 heteroatoms. The van der Waals surface area contributed by atoms with Crippen LogP contribution < -0.4 is 9.04 Å². The molecule has 0 unspecified atom stereocenters. The topological polar surface area (TPSA) is 99.9 Å². The van der Waals surface area contributed by atoms with Crippen LogP contribution in [0.3, 0.4) is 0 Å². The molecule has 2 aliphatic heterocycles. The fourth-order valence-electron chi connectivity index (χ4n) is 4.75. The van der Waals surface area contributed by atoms with Gasteiger partial charge in [0, 0.05) is 25.9 Å². The van der Waals surface area contributed by atoms with Gasteiger partial charge < -0.3 is 14.4 Å². The average Bonchev–Trinajstić information content (AvgIpc) is 3.25. The van der Waals surface area contributed by atoms with Crippen LogP contribution in [0.15, 0.2) is 48.5 Å². The molecular weight excluding hydrogens is 502 g/mol. The number of likely N-dealkylation sites (tertiary alicyclic amines) is 1. The standard InChI is InChI=1S/C29H35N3O5S/c1-5-38(34,35)32-24(10-9-21-7-6-8-22(17-21)20-30)18-23-19-26(11-12-27(23)32)36-25-13-15-31(16-14-25)28(33)37-29(2,3)4/h6-12,17,19,24-25H,5,13-16,18H2,1-4H3/b10-9+/t24-/m1/s1. The predicted octanol–water partition coefficient (Wildman–Crippen LogP) is 5.13. The number of anilines is 1. The highest BCUT2D eigenvalue weighted by Crippen LogP contribution is 2.38. The van der Waals surface area contributed by atoms with Crippen LogP contribution in [0.4, 0.5) is 10.5 Å². The molecule has 0 N–H and O–H groups in total. The Morgan fingerprint density at radius 3 is 2.55 bits per heavy atom. The Morgan fingerprint density at radius 1 is 1.16 bits per heavy atom. The van der Waals surface area contributed by atoms with E-state index in [0.717, 1.165) is 11.1 Å². The van der Waals surface area contributed by atoms with Gasteiger partial charge in [-0.2, -0.15) is 5.26 Å². The quantitative estimate of drug-likeness (QED) is 0.506. The number of sulfonamides is 1. The molecule has 38 heavy (non-hydrogen) atoms. The summed E-state index contributed by atoms with van der Waals surface area (Å²) >= 11 is 0. The maximum atomic E-state index is 13.0. The van der Waals surface area contributed by atoms with Gasteiger partial charge in [0.2, 0.25) is 10.0 Å². The highest BCUT2D eigenvalue weighted by atomic mass is 32.2. The number of piperidine rings is 1. The van der Waals surface area contributed by atoms with E-state index in [0.29, 0.717) is 49.4 Å². The molecule has 8 nitrogen and oxygen atoms in total. The molecule has 2 aromatic carbocycles. The van der Waals surface area contributed by atoms with Crippen molar-refractivity contribution in [3.8, 4) is 11.8 Å². The number of nitrogens with zero attached hydrogens (tertiary/aromatic N) is 3. The van der Waals surface area contributed by atoms with Gasteiger partial charge >= 0.3 is 6.09 Å². The van der Waals surface area contributed by atoms with Crippen LogP contribution in [0.25, 0.3) is 6.08 Å². The summed E-state index contributed by atoms with van der Waals surface area (Å²) in [6.07, 6.45) is 5.33. The van der Waals surface area contributed by atoms with Crippen molar-refractivity contribution in [2.75, 3.05) is 23.1 Å². The molecule has 0 radical (unpaired) electrons. The highest BCUT2D eigenvalue weighted by molar-refractivity contribution is 7.92. The number of fused-ring (bicyclic) bond motifs is 1. The third-order valence-corrected chi connectivity index (χ3v) is 8.40. The Bertz CT molecular complexity index is 1350.